The lowest BCUT2D eigenvalue weighted by Gasteiger charge is -2.20. The van der Waals surface area contributed by atoms with E-state index in [0.29, 0.717) is 16.8 Å². The van der Waals surface area contributed by atoms with E-state index in [-0.39, 0.29) is 17.3 Å². The molecule has 31 heavy (non-hydrogen) atoms. The lowest BCUT2D eigenvalue weighted by atomic mass is 10.00. The number of aryl methyl sites for hydroxylation is 2. The first-order chi connectivity index (χ1) is 15.0. The fraction of sp³-hybridized carbons (Fsp3) is 0.130. The van der Waals surface area contributed by atoms with E-state index in [4.69, 9.17) is 4.42 Å². The highest BCUT2D eigenvalue weighted by Crippen LogP contribution is 2.41. The van der Waals surface area contributed by atoms with E-state index in [9.17, 15) is 14.7 Å². The molecular formula is C23H18N4O4. The van der Waals surface area contributed by atoms with Crippen LogP contribution in [0, 0.1) is 13.8 Å². The van der Waals surface area contributed by atoms with Crippen LogP contribution in [0.25, 0.3) is 16.8 Å². The normalized spacial score (nSPS) is 18.3. The van der Waals surface area contributed by atoms with Crippen molar-refractivity contribution in [2.24, 2.45) is 0 Å². The van der Waals surface area contributed by atoms with Crippen molar-refractivity contribution in [2.45, 2.75) is 19.9 Å². The Bertz CT molecular complexity index is 1310. The molecular weight excluding hydrogens is 396 g/mol. The van der Waals surface area contributed by atoms with Gasteiger partial charge in [-0.2, -0.15) is 0 Å². The molecule has 0 bridgehead atoms. The second kappa shape index (κ2) is 6.94. The van der Waals surface area contributed by atoms with Gasteiger partial charge < -0.3 is 14.5 Å². The third-order valence-electron chi connectivity index (χ3n) is 5.52. The van der Waals surface area contributed by atoms with Crippen LogP contribution in [0.2, 0.25) is 0 Å². The first kappa shape index (κ1) is 18.8. The highest BCUT2D eigenvalue weighted by molar-refractivity contribution is 6.51. The minimum absolute atomic E-state index is 0.0704. The maximum atomic E-state index is 13.1. The molecule has 1 aliphatic rings. The van der Waals surface area contributed by atoms with E-state index in [2.05, 4.69) is 15.0 Å². The second-order valence-electron chi connectivity index (χ2n) is 7.43. The summed E-state index contributed by atoms with van der Waals surface area (Å²) < 4.78 is 5.55. The molecule has 8 heteroatoms. The predicted molar refractivity (Wildman–Crippen MR) is 113 cm³/mol. The number of aromatic amines is 1. The third kappa shape index (κ3) is 2.92. The molecule has 2 N–H and O–H groups in total. The molecule has 1 atom stereocenters. The lowest BCUT2D eigenvalue weighted by Crippen LogP contribution is -2.30. The van der Waals surface area contributed by atoms with Gasteiger partial charge in [-0.05, 0) is 61.4 Å². The van der Waals surface area contributed by atoms with E-state index in [1.807, 2.05) is 26.0 Å². The fourth-order valence-corrected chi connectivity index (χ4v) is 3.80. The minimum atomic E-state index is -0.967. The Hall–Kier alpha value is -4.20. The molecule has 0 saturated carbocycles. The van der Waals surface area contributed by atoms with Gasteiger partial charge in [-0.1, -0.05) is 0 Å². The van der Waals surface area contributed by atoms with Crippen LogP contribution < -0.4 is 4.90 Å². The molecule has 1 saturated heterocycles. The summed E-state index contributed by atoms with van der Waals surface area (Å²) in [5, 5.41) is 10.9. The first-order valence-corrected chi connectivity index (χ1v) is 9.67. The number of anilines is 1. The molecule has 154 valence electrons. The Labute approximate surface area is 176 Å². The SMILES string of the molecule is Cc1cc2nc(N3C(=O)C(=O)/C(=C(/O)c4ccncc4)C3c3ccco3)[nH]c2cc1C. The van der Waals surface area contributed by atoms with Crippen molar-refractivity contribution in [1.29, 1.82) is 0 Å². The Morgan fingerprint density at radius 2 is 1.87 bits per heavy atom. The summed E-state index contributed by atoms with van der Waals surface area (Å²) in [6, 6.07) is 9.33. The van der Waals surface area contributed by atoms with Gasteiger partial charge in [0, 0.05) is 18.0 Å². The van der Waals surface area contributed by atoms with Crippen molar-refractivity contribution in [2.75, 3.05) is 4.90 Å². The molecule has 1 amide bonds. The topological polar surface area (TPSA) is 112 Å². The van der Waals surface area contributed by atoms with E-state index in [0.717, 1.165) is 16.6 Å². The summed E-state index contributed by atoms with van der Waals surface area (Å²) in [4.78, 5) is 39.0. The number of fused-ring (bicyclic) bond motifs is 1. The number of Topliss-reactive ketones (excluding diaryl/α,β-unsaturated/α-hetero) is 1. The number of nitrogens with one attached hydrogen (secondary N) is 1. The number of ketones is 1. The molecule has 0 radical (unpaired) electrons. The van der Waals surface area contributed by atoms with Gasteiger partial charge in [-0.25, -0.2) is 4.98 Å². The molecule has 4 heterocycles. The number of hydrogen-bond acceptors (Lipinski definition) is 6. The largest absolute Gasteiger partial charge is 0.507 e. The number of carbonyl (C=O) groups is 2. The molecule has 1 fully saturated rings. The van der Waals surface area contributed by atoms with E-state index in [1.54, 1.807) is 24.3 Å². The van der Waals surface area contributed by atoms with E-state index >= 15 is 0 Å². The molecule has 1 unspecified atom stereocenters. The number of aromatic nitrogens is 3. The summed E-state index contributed by atoms with van der Waals surface area (Å²) in [6.45, 7) is 3.96. The molecule has 4 aromatic rings. The van der Waals surface area contributed by atoms with Gasteiger partial charge in [-0.3, -0.25) is 19.5 Å². The maximum absolute atomic E-state index is 13.1. The summed E-state index contributed by atoms with van der Waals surface area (Å²) in [6.07, 6.45) is 4.45. The van der Waals surface area contributed by atoms with Gasteiger partial charge in [0.05, 0.1) is 22.9 Å². The molecule has 3 aromatic heterocycles. The van der Waals surface area contributed by atoms with Crippen molar-refractivity contribution in [3.8, 4) is 0 Å². The van der Waals surface area contributed by atoms with E-state index in [1.165, 1.54) is 23.6 Å². The zero-order valence-electron chi connectivity index (χ0n) is 16.8. The van der Waals surface area contributed by atoms with Crippen LogP contribution in [0.1, 0.15) is 28.5 Å². The van der Waals surface area contributed by atoms with Crippen molar-refractivity contribution < 1.29 is 19.1 Å². The minimum Gasteiger partial charge on any atom is -0.507 e. The molecule has 0 aliphatic carbocycles. The number of pyridine rings is 1. The predicted octanol–water partition coefficient (Wildman–Crippen LogP) is 3.79. The van der Waals surface area contributed by atoms with Crippen molar-refractivity contribution in [1.82, 2.24) is 15.0 Å². The molecule has 0 spiro atoms. The number of benzene rings is 1. The first-order valence-electron chi connectivity index (χ1n) is 9.67. The highest BCUT2D eigenvalue weighted by Gasteiger charge is 2.49. The van der Waals surface area contributed by atoms with Crippen molar-refractivity contribution >= 4 is 34.4 Å². The Kier molecular flexibility index (Phi) is 4.21. The molecule has 5 rings (SSSR count). The Morgan fingerprint density at radius 3 is 2.58 bits per heavy atom. The summed E-state index contributed by atoms with van der Waals surface area (Å²) in [5.74, 6) is -1.37. The zero-order valence-corrected chi connectivity index (χ0v) is 16.8. The fourth-order valence-electron chi connectivity index (χ4n) is 3.80. The number of H-pyrrole nitrogens is 1. The number of hydrogen-bond donors (Lipinski definition) is 2. The maximum Gasteiger partial charge on any atom is 0.302 e. The van der Waals surface area contributed by atoms with Crippen LogP contribution in [0.5, 0.6) is 0 Å². The number of imidazole rings is 1. The van der Waals surface area contributed by atoms with Crippen LogP contribution in [0.15, 0.2) is 65.0 Å². The third-order valence-corrected chi connectivity index (χ3v) is 5.52. The number of rotatable bonds is 3. The Balaban J connectivity index is 1.72. The van der Waals surface area contributed by atoms with Crippen LogP contribution in [-0.4, -0.2) is 31.7 Å². The van der Waals surface area contributed by atoms with Crippen molar-refractivity contribution in [3.63, 3.8) is 0 Å². The average molecular weight is 414 g/mol. The van der Waals surface area contributed by atoms with Crippen LogP contribution in [0.4, 0.5) is 5.95 Å². The number of carbonyl (C=O) groups excluding carboxylic acids is 2. The molecule has 1 aliphatic heterocycles. The smallest absolute Gasteiger partial charge is 0.302 e. The van der Waals surface area contributed by atoms with Crippen LogP contribution in [0.3, 0.4) is 0 Å². The average Bonchev–Trinajstić information content (AvgIpc) is 3.48. The van der Waals surface area contributed by atoms with Gasteiger partial charge in [0.15, 0.2) is 0 Å². The van der Waals surface area contributed by atoms with Gasteiger partial charge in [0.25, 0.3) is 5.78 Å². The number of furan rings is 1. The molecule has 1 aromatic carbocycles. The van der Waals surface area contributed by atoms with E-state index < -0.39 is 17.7 Å². The number of aliphatic hydroxyl groups excluding tert-OH is 1. The van der Waals surface area contributed by atoms with Crippen LogP contribution >= 0.6 is 0 Å². The highest BCUT2D eigenvalue weighted by atomic mass is 16.3. The quantitative estimate of drug-likeness (QED) is 0.300. The van der Waals surface area contributed by atoms with Gasteiger partial charge in [-0.15, -0.1) is 0 Å². The standard InChI is InChI=1S/C23H18N4O4/c1-12-10-15-16(11-13(12)2)26-23(25-15)27-19(17-4-3-9-31-17)18(21(29)22(27)30)20(28)14-5-7-24-8-6-14/h3-11,19,28H,1-2H3,(H,25,26)/b20-18+. The number of nitrogens with zero attached hydrogens (tertiary/aromatic N) is 3. The number of aliphatic hydroxyl groups is 1. The van der Waals surface area contributed by atoms with Gasteiger partial charge >= 0.3 is 5.91 Å². The van der Waals surface area contributed by atoms with Gasteiger partial charge in [0.1, 0.15) is 17.6 Å². The lowest BCUT2D eigenvalue weighted by molar-refractivity contribution is -0.132. The molecule has 8 nitrogen and oxygen atoms in total. The Morgan fingerprint density at radius 1 is 1.13 bits per heavy atom. The summed E-state index contributed by atoms with van der Waals surface area (Å²) >= 11 is 0. The van der Waals surface area contributed by atoms with Gasteiger partial charge in [0.2, 0.25) is 5.95 Å². The second-order valence-corrected chi connectivity index (χ2v) is 7.43. The summed E-state index contributed by atoms with van der Waals surface area (Å²) in [5.41, 5.74) is 3.86. The number of amides is 1. The van der Waals surface area contributed by atoms with Crippen molar-refractivity contribution in [3.05, 3.63) is 83.1 Å². The van der Waals surface area contributed by atoms with Crippen LogP contribution in [-0.2, 0) is 9.59 Å². The monoisotopic (exact) mass is 414 g/mol. The zero-order chi connectivity index (χ0) is 21.7. The summed E-state index contributed by atoms with van der Waals surface area (Å²) in [7, 11) is 0.